The first-order valence-electron chi connectivity index (χ1n) is 8.83. The summed E-state index contributed by atoms with van der Waals surface area (Å²) in [5.41, 5.74) is -0.298. The van der Waals surface area contributed by atoms with Crippen LogP contribution in [0.5, 0.6) is 0 Å². The minimum absolute atomic E-state index is 0.114. The summed E-state index contributed by atoms with van der Waals surface area (Å²) in [5, 5.41) is 10.4. The highest BCUT2D eigenvalue weighted by atomic mass is 35.5. The van der Waals surface area contributed by atoms with Crippen LogP contribution in [-0.4, -0.2) is 52.7 Å². The third-order valence-electron chi connectivity index (χ3n) is 5.40. The fraction of sp³-hybridized carbons (Fsp3) is 0.421. The molecule has 0 radical (unpaired) electrons. The molecule has 2 aliphatic heterocycles. The van der Waals surface area contributed by atoms with Crippen molar-refractivity contribution in [2.24, 2.45) is 5.41 Å². The van der Waals surface area contributed by atoms with Crippen molar-refractivity contribution in [3.8, 4) is 0 Å². The highest BCUT2D eigenvalue weighted by molar-refractivity contribution is 6.35. The van der Waals surface area contributed by atoms with Crippen LogP contribution in [0.15, 0.2) is 30.9 Å². The number of ether oxygens (including phenoxy) is 1. The molecule has 2 heterocycles. The standard InChI is InChI=1S/C19H20Cl2N2O5/c1-2-9-28-18(27)22-7-5-19(6-8-22)11-15(23(16(19)24)17(25)26)13-4-3-12(20)10-14(13)21/h2-4,10,15H,1,5-9,11H2,(H,25,26). The Morgan fingerprint density at radius 3 is 2.57 bits per heavy atom. The van der Waals surface area contributed by atoms with Gasteiger partial charge in [-0.25, -0.2) is 14.5 Å². The number of hydrogen-bond donors (Lipinski definition) is 1. The van der Waals surface area contributed by atoms with Crippen LogP contribution in [0.4, 0.5) is 9.59 Å². The van der Waals surface area contributed by atoms with Crippen LogP contribution in [-0.2, 0) is 9.53 Å². The van der Waals surface area contributed by atoms with E-state index in [9.17, 15) is 19.5 Å². The molecule has 28 heavy (non-hydrogen) atoms. The zero-order valence-electron chi connectivity index (χ0n) is 15.1. The molecule has 1 unspecified atom stereocenters. The van der Waals surface area contributed by atoms with Crippen molar-refractivity contribution in [3.05, 3.63) is 46.5 Å². The van der Waals surface area contributed by atoms with Crippen LogP contribution in [0, 0.1) is 5.41 Å². The second kappa shape index (κ2) is 8.01. The number of carbonyl (C=O) groups excluding carboxylic acids is 2. The topological polar surface area (TPSA) is 87.2 Å². The molecule has 0 saturated carbocycles. The van der Waals surface area contributed by atoms with Gasteiger partial charge in [0.25, 0.3) is 0 Å². The molecule has 0 aromatic heterocycles. The van der Waals surface area contributed by atoms with E-state index in [2.05, 4.69) is 6.58 Å². The lowest BCUT2D eigenvalue weighted by Crippen LogP contribution is -2.47. The second-order valence-corrected chi connectivity index (χ2v) is 7.82. The van der Waals surface area contributed by atoms with E-state index in [-0.39, 0.29) is 6.61 Å². The summed E-state index contributed by atoms with van der Waals surface area (Å²) >= 11 is 12.2. The normalized spacial score (nSPS) is 21.1. The SMILES string of the molecule is C=CCOC(=O)N1CCC2(CC1)CC(c1ccc(Cl)cc1Cl)N(C(=O)O)C2=O. The first-order chi connectivity index (χ1) is 13.3. The van der Waals surface area contributed by atoms with Gasteiger partial charge in [0, 0.05) is 23.1 Å². The smallest absolute Gasteiger partial charge is 0.414 e. The first kappa shape index (κ1) is 20.5. The van der Waals surface area contributed by atoms with E-state index >= 15 is 0 Å². The van der Waals surface area contributed by atoms with Gasteiger partial charge in [-0.1, -0.05) is 41.9 Å². The molecule has 0 bridgehead atoms. The van der Waals surface area contributed by atoms with Gasteiger partial charge in [-0.05, 0) is 37.0 Å². The summed E-state index contributed by atoms with van der Waals surface area (Å²) in [4.78, 5) is 39.3. The van der Waals surface area contributed by atoms with Crippen molar-refractivity contribution in [2.75, 3.05) is 19.7 Å². The predicted molar refractivity (Wildman–Crippen MR) is 103 cm³/mol. The Hall–Kier alpha value is -2.25. The van der Waals surface area contributed by atoms with Crippen LogP contribution in [0.3, 0.4) is 0 Å². The van der Waals surface area contributed by atoms with Gasteiger partial charge in [0.2, 0.25) is 5.91 Å². The number of nitrogens with zero attached hydrogens (tertiary/aromatic N) is 2. The summed E-state index contributed by atoms with van der Waals surface area (Å²) in [7, 11) is 0. The quantitative estimate of drug-likeness (QED) is 0.725. The monoisotopic (exact) mass is 426 g/mol. The summed E-state index contributed by atoms with van der Waals surface area (Å²) in [6.07, 6.45) is 0.740. The number of amides is 3. The van der Waals surface area contributed by atoms with E-state index in [4.69, 9.17) is 27.9 Å². The van der Waals surface area contributed by atoms with E-state index in [0.717, 1.165) is 4.90 Å². The van der Waals surface area contributed by atoms with Gasteiger partial charge in [-0.3, -0.25) is 4.79 Å². The molecule has 2 aliphatic rings. The maximum atomic E-state index is 13.1. The Labute approximate surface area is 172 Å². The number of carboxylic acid groups (broad SMARTS) is 1. The maximum absolute atomic E-state index is 13.1. The van der Waals surface area contributed by atoms with Crippen LogP contribution < -0.4 is 0 Å². The van der Waals surface area contributed by atoms with Gasteiger partial charge < -0.3 is 14.7 Å². The fourth-order valence-electron chi connectivity index (χ4n) is 3.94. The first-order valence-corrected chi connectivity index (χ1v) is 9.59. The number of piperidine rings is 1. The van der Waals surface area contributed by atoms with E-state index in [1.54, 1.807) is 12.1 Å². The molecule has 2 fully saturated rings. The fourth-order valence-corrected chi connectivity index (χ4v) is 4.48. The van der Waals surface area contributed by atoms with Crippen LogP contribution >= 0.6 is 23.2 Å². The van der Waals surface area contributed by atoms with Gasteiger partial charge >= 0.3 is 12.2 Å². The molecule has 2 saturated heterocycles. The summed E-state index contributed by atoms with van der Waals surface area (Å²) in [6, 6.07) is 4.12. The molecule has 1 aromatic rings. The van der Waals surface area contributed by atoms with Crippen molar-refractivity contribution in [1.29, 1.82) is 0 Å². The minimum Gasteiger partial charge on any atom is -0.465 e. The Morgan fingerprint density at radius 2 is 2.00 bits per heavy atom. The van der Waals surface area contributed by atoms with Crippen molar-refractivity contribution in [1.82, 2.24) is 9.80 Å². The molecule has 1 N–H and O–H groups in total. The van der Waals surface area contributed by atoms with Gasteiger partial charge in [-0.2, -0.15) is 0 Å². The molecule has 150 valence electrons. The van der Waals surface area contributed by atoms with Crippen LogP contribution in [0.25, 0.3) is 0 Å². The molecule has 7 nitrogen and oxygen atoms in total. The third kappa shape index (κ3) is 3.69. The number of benzene rings is 1. The van der Waals surface area contributed by atoms with Gasteiger partial charge in [0.1, 0.15) is 6.61 Å². The molecule has 1 aromatic carbocycles. The lowest BCUT2D eigenvalue weighted by atomic mass is 9.75. The van der Waals surface area contributed by atoms with Crippen LogP contribution in [0.1, 0.15) is 30.9 Å². The molecule has 1 spiro atoms. The lowest BCUT2D eigenvalue weighted by Gasteiger charge is -2.37. The molecule has 3 amide bonds. The Kier molecular flexibility index (Phi) is 5.86. The van der Waals surface area contributed by atoms with Crippen molar-refractivity contribution < 1.29 is 24.2 Å². The number of imide groups is 1. The number of carbonyl (C=O) groups is 3. The van der Waals surface area contributed by atoms with E-state index in [1.807, 2.05) is 0 Å². The second-order valence-electron chi connectivity index (χ2n) is 6.98. The Bertz CT molecular complexity index is 821. The molecule has 0 aliphatic carbocycles. The predicted octanol–water partition coefficient (Wildman–Crippen LogP) is 4.35. The van der Waals surface area contributed by atoms with E-state index in [1.165, 1.54) is 17.0 Å². The zero-order chi connectivity index (χ0) is 20.5. The minimum atomic E-state index is -1.31. The van der Waals surface area contributed by atoms with Crippen molar-refractivity contribution in [2.45, 2.75) is 25.3 Å². The largest absolute Gasteiger partial charge is 0.465 e. The number of hydrogen-bond acceptors (Lipinski definition) is 4. The van der Waals surface area contributed by atoms with E-state index in [0.29, 0.717) is 48.0 Å². The molecule has 3 rings (SSSR count). The van der Waals surface area contributed by atoms with Crippen LogP contribution in [0.2, 0.25) is 10.0 Å². The third-order valence-corrected chi connectivity index (χ3v) is 5.96. The Morgan fingerprint density at radius 1 is 1.32 bits per heavy atom. The maximum Gasteiger partial charge on any atom is 0.414 e. The molecular formula is C19H20Cl2N2O5. The van der Waals surface area contributed by atoms with Gasteiger partial charge in [0.15, 0.2) is 0 Å². The number of likely N-dealkylation sites (tertiary alicyclic amines) is 2. The molecule has 9 heteroatoms. The van der Waals surface area contributed by atoms with E-state index < -0.39 is 29.6 Å². The number of halogens is 2. The average Bonchev–Trinajstić information content (AvgIpc) is 2.92. The van der Waals surface area contributed by atoms with Gasteiger partial charge in [0.05, 0.1) is 11.5 Å². The number of rotatable bonds is 3. The zero-order valence-corrected chi connectivity index (χ0v) is 16.6. The highest BCUT2D eigenvalue weighted by Gasteiger charge is 2.55. The lowest BCUT2D eigenvalue weighted by molar-refractivity contribution is -0.137. The average molecular weight is 427 g/mol. The summed E-state index contributed by atoms with van der Waals surface area (Å²) in [6.45, 7) is 4.25. The summed E-state index contributed by atoms with van der Waals surface area (Å²) < 4.78 is 5.03. The Balaban J connectivity index is 1.82. The van der Waals surface area contributed by atoms with Crippen molar-refractivity contribution in [3.63, 3.8) is 0 Å². The highest BCUT2D eigenvalue weighted by Crippen LogP contribution is 2.51. The molecule has 1 atom stereocenters. The van der Waals surface area contributed by atoms with Gasteiger partial charge in [-0.15, -0.1) is 0 Å². The summed E-state index contributed by atoms with van der Waals surface area (Å²) in [5.74, 6) is -0.449. The van der Waals surface area contributed by atoms with Crippen molar-refractivity contribution >= 4 is 41.3 Å². The molecular weight excluding hydrogens is 407 g/mol.